The average molecular weight is 204 g/mol. The molecule has 2 N–H and O–H groups in total. The second kappa shape index (κ2) is 3.38. The third-order valence-corrected chi connectivity index (χ3v) is 2.52. The first-order valence-corrected chi connectivity index (χ1v) is 4.44. The van der Waals surface area contributed by atoms with Gasteiger partial charge in [0.15, 0.2) is 6.10 Å². The second-order valence-corrected chi connectivity index (χ2v) is 3.50. The number of rotatable bonds is 1. The lowest BCUT2D eigenvalue weighted by molar-refractivity contribution is -0.0509. The molecule has 0 aromatic heterocycles. The van der Waals surface area contributed by atoms with E-state index >= 15 is 0 Å². The highest BCUT2D eigenvalue weighted by atomic mass is 16.8. The second-order valence-electron chi connectivity index (χ2n) is 3.50. The number of carbonyl (C=O) groups excluding carboxylic acids is 1. The van der Waals surface area contributed by atoms with Crippen molar-refractivity contribution < 1.29 is 29.2 Å². The van der Waals surface area contributed by atoms with Crippen LogP contribution >= 0.6 is 0 Å². The molecule has 2 aliphatic heterocycles. The van der Waals surface area contributed by atoms with Gasteiger partial charge >= 0.3 is 6.16 Å². The minimum Gasteiger partial charge on any atom is -0.430 e. The van der Waals surface area contributed by atoms with Crippen molar-refractivity contribution in [2.24, 2.45) is 0 Å². The van der Waals surface area contributed by atoms with Crippen LogP contribution in [0.25, 0.3) is 0 Å². The van der Waals surface area contributed by atoms with E-state index in [0.29, 0.717) is 0 Å². The minimum atomic E-state index is -1.04. The predicted octanol–water partition coefficient (Wildman–Crippen LogP) is -0.969. The largest absolute Gasteiger partial charge is 0.508 e. The van der Waals surface area contributed by atoms with Crippen molar-refractivity contribution in [3.63, 3.8) is 0 Å². The topological polar surface area (TPSA) is 85.2 Å². The van der Waals surface area contributed by atoms with Gasteiger partial charge in [0, 0.05) is 0 Å². The summed E-state index contributed by atoms with van der Waals surface area (Å²) in [7, 11) is 0. The third kappa shape index (κ3) is 1.45. The molecule has 14 heavy (non-hydrogen) atoms. The molecule has 0 spiro atoms. The summed E-state index contributed by atoms with van der Waals surface area (Å²) in [6.45, 7) is 1.70. The zero-order chi connectivity index (χ0) is 10.3. The fourth-order valence-corrected chi connectivity index (χ4v) is 1.69. The highest BCUT2D eigenvalue weighted by Crippen LogP contribution is 2.26. The van der Waals surface area contributed by atoms with E-state index in [-0.39, 0.29) is 6.61 Å². The number of hydrogen-bond acceptors (Lipinski definition) is 6. The molecule has 80 valence electrons. The van der Waals surface area contributed by atoms with Crippen molar-refractivity contribution in [3.8, 4) is 0 Å². The Hall–Kier alpha value is -0.850. The molecule has 0 radical (unpaired) electrons. The van der Waals surface area contributed by atoms with E-state index in [2.05, 4.69) is 4.74 Å². The summed E-state index contributed by atoms with van der Waals surface area (Å²) in [6, 6.07) is 0. The van der Waals surface area contributed by atoms with Gasteiger partial charge in [0.1, 0.15) is 24.9 Å². The SMILES string of the molecule is C[C@@H]1O[C@H](C2COC(=O)O2)C(O)C1O. The molecular formula is C8H12O6. The molecule has 5 atom stereocenters. The maximum absolute atomic E-state index is 10.6. The van der Waals surface area contributed by atoms with Crippen molar-refractivity contribution in [2.75, 3.05) is 6.61 Å². The Morgan fingerprint density at radius 2 is 2.07 bits per heavy atom. The lowest BCUT2D eigenvalue weighted by Crippen LogP contribution is -2.39. The minimum absolute atomic E-state index is 0.0556. The van der Waals surface area contributed by atoms with Crippen LogP contribution in [0.3, 0.4) is 0 Å². The van der Waals surface area contributed by atoms with Crippen molar-refractivity contribution in [1.82, 2.24) is 0 Å². The molecule has 2 saturated heterocycles. The molecular weight excluding hydrogens is 192 g/mol. The monoisotopic (exact) mass is 204 g/mol. The van der Waals surface area contributed by atoms with E-state index in [1.165, 1.54) is 0 Å². The number of aliphatic hydroxyl groups is 2. The quantitative estimate of drug-likeness (QED) is 0.534. The van der Waals surface area contributed by atoms with Crippen LogP contribution in [0.5, 0.6) is 0 Å². The standard InChI is InChI=1S/C8H12O6/c1-3-5(9)6(10)7(13-3)4-2-12-8(11)14-4/h3-7,9-10H,2H2,1H3/t3-,4?,5?,6?,7+/m0/s1. The van der Waals surface area contributed by atoms with Gasteiger partial charge in [0.2, 0.25) is 0 Å². The van der Waals surface area contributed by atoms with Gasteiger partial charge in [-0.15, -0.1) is 0 Å². The van der Waals surface area contributed by atoms with E-state index in [4.69, 9.17) is 9.47 Å². The maximum Gasteiger partial charge on any atom is 0.508 e. The first kappa shape index (κ1) is 9.70. The molecule has 0 aromatic rings. The summed E-state index contributed by atoms with van der Waals surface area (Å²) in [5.41, 5.74) is 0. The molecule has 0 amide bonds. The molecule has 2 rings (SSSR count). The number of hydrogen-bond donors (Lipinski definition) is 2. The van der Waals surface area contributed by atoms with E-state index in [9.17, 15) is 15.0 Å². The molecule has 2 fully saturated rings. The normalized spacial score (nSPS) is 47.6. The summed E-state index contributed by atoms with van der Waals surface area (Å²) in [4.78, 5) is 10.6. The summed E-state index contributed by atoms with van der Waals surface area (Å²) in [6.07, 6.45) is -4.54. The number of cyclic esters (lactones) is 2. The van der Waals surface area contributed by atoms with Crippen LogP contribution in [-0.2, 0) is 14.2 Å². The van der Waals surface area contributed by atoms with Gasteiger partial charge in [-0.1, -0.05) is 0 Å². The van der Waals surface area contributed by atoms with E-state index < -0.39 is 36.7 Å². The molecule has 0 saturated carbocycles. The van der Waals surface area contributed by atoms with Gasteiger partial charge in [-0.25, -0.2) is 4.79 Å². The van der Waals surface area contributed by atoms with Gasteiger partial charge in [-0.3, -0.25) is 0 Å². The molecule has 6 heteroatoms. The van der Waals surface area contributed by atoms with Crippen LogP contribution in [0.4, 0.5) is 4.79 Å². The lowest BCUT2D eigenvalue weighted by atomic mass is 10.1. The van der Waals surface area contributed by atoms with Gasteiger partial charge in [0.05, 0.1) is 6.10 Å². The lowest BCUT2D eigenvalue weighted by Gasteiger charge is -2.17. The van der Waals surface area contributed by atoms with Gasteiger partial charge < -0.3 is 24.4 Å². The van der Waals surface area contributed by atoms with E-state index in [1.807, 2.05) is 0 Å². The number of aliphatic hydroxyl groups excluding tert-OH is 2. The summed E-state index contributed by atoms with van der Waals surface area (Å²) in [5.74, 6) is 0. The zero-order valence-electron chi connectivity index (χ0n) is 7.62. The Kier molecular flexibility index (Phi) is 2.34. The van der Waals surface area contributed by atoms with Crippen LogP contribution in [0, 0.1) is 0 Å². The van der Waals surface area contributed by atoms with Crippen molar-refractivity contribution in [1.29, 1.82) is 0 Å². The van der Waals surface area contributed by atoms with Gasteiger partial charge in [0.25, 0.3) is 0 Å². The molecule has 2 heterocycles. The van der Waals surface area contributed by atoms with Crippen LogP contribution in [0.1, 0.15) is 6.92 Å². The van der Waals surface area contributed by atoms with Crippen molar-refractivity contribution in [2.45, 2.75) is 37.4 Å². The van der Waals surface area contributed by atoms with Crippen LogP contribution in [0.2, 0.25) is 0 Å². The summed E-state index contributed by atoms with van der Waals surface area (Å²) < 4.78 is 14.6. The molecule has 3 unspecified atom stereocenters. The molecule has 2 aliphatic rings. The number of carbonyl (C=O) groups is 1. The maximum atomic E-state index is 10.6. The summed E-state index contributed by atoms with van der Waals surface area (Å²) in [5, 5.41) is 19.0. The fourth-order valence-electron chi connectivity index (χ4n) is 1.69. The first-order chi connectivity index (χ1) is 6.59. The highest BCUT2D eigenvalue weighted by Gasteiger charge is 2.48. The van der Waals surface area contributed by atoms with Crippen LogP contribution < -0.4 is 0 Å². The predicted molar refractivity (Wildman–Crippen MR) is 42.6 cm³/mol. The smallest absolute Gasteiger partial charge is 0.430 e. The fraction of sp³-hybridized carbons (Fsp3) is 0.875. The van der Waals surface area contributed by atoms with E-state index in [0.717, 1.165) is 0 Å². The van der Waals surface area contributed by atoms with E-state index in [1.54, 1.807) is 6.92 Å². The molecule has 0 aromatic carbocycles. The third-order valence-electron chi connectivity index (χ3n) is 2.52. The van der Waals surface area contributed by atoms with Crippen LogP contribution in [0.15, 0.2) is 0 Å². The van der Waals surface area contributed by atoms with Gasteiger partial charge in [-0.2, -0.15) is 0 Å². The Morgan fingerprint density at radius 1 is 1.36 bits per heavy atom. The average Bonchev–Trinajstić information content (AvgIpc) is 2.66. The zero-order valence-corrected chi connectivity index (χ0v) is 7.62. The molecule has 0 aliphatic carbocycles. The highest BCUT2D eigenvalue weighted by molar-refractivity contribution is 5.62. The summed E-state index contributed by atoms with van der Waals surface area (Å²) >= 11 is 0. The van der Waals surface area contributed by atoms with Crippen molar-refractivity contribution in [3.05, 3.63) is 0 Å². The Morgan fingerprint density at radius 3 is 2.50 bits per heavy atom. The number of ether oxygens (including phenoxy) is 3. The Labute approximate surface area is 80.4 Å². The van der Waals surface area contributed by atoms with Crippen molar-refractivity contribution >= 4 is 6.16 Å². The van der Waals surface area contributed by atoms with Gasteiger partial charge in [-0.05, 0) is 6.92 Å². The molecule has 0 bridgehead atoms. The van der Waals surface area contributed by atoms with Crippen LogP contribution in [-0.4, -0.2) is 53.5 Å². The first-order valence-electron chi connectivity index (χ1n) is 4.44. The Balaban J connectivity index is 2.02. The Bertz CT molecular complexity index is 242. The molecule has 6 nitrogen and oxygen atoms in total.